The number of carbonyl (C=O) groups excluding carboxylic acids is 5. The fourth-order valence-electron chi connectivity index (χ4n) is 5.50. The number of hydrogen-bond acceptors (Lipinski definition) is 7. The Kier molecular flexibility index (Phi) is 11.1. The van der Waals surface area contributed by atoms with Crippen molar-refractivity contribution >= 4 is 30.3 Å². The van der Waals surface area contributed by atoms with E-state index >= 15 is 0 Å². The molecule has 0 radical (unpaired) electrons. The quantitative estimate of drug-likeness (QED) is 0.132. The fourth-order valence-corrected chi connectivity index (χ4v) is 5.50. The predicted molar refractivity (Wildman–Crippen MR) is 167 cm³/mol. The van der Waals surface area contributed by atoms with Crippen molar-refractivity contribution < 1.29 is 33.4 Å². The zero-order valence-electron chi connectivity index (χ0n) is 24.7. The first-order valence-electron chi connectivity index (χ1n) is 14.4. The Morgan fingerprint density at radius 1 is 0.545 bits per heavy atom. The average Bonchev–Trinajstić information content (AvgIpc) is 3.52. The van der Waals surface area contributed by atoms with E-state index in [4.69, 9.17) is 9.47 Å². The molecule has 0 aromatic heterocycles. The third kappa shape index (κ3) is 7.61. The molecule has 2 aliphatic rings. The number of ketones is 1. The molecule has 0 unspecified atom stereocenters. The van der Waals surface area contributed by atoms with Crippen LogP contribution in [0, 0.1) is 0 Å². The van der Waals surface area contributed by atoms with Gasteiger partial charge in [-0.05, 0) is 51.4 Å². The minimum Gasteiger partial charge on any atom is -0.465 e. The number of aldehydes is 2. The van der Waals surface area contributed by atoms with Gasteiger partial charge in [0, 0.05) is 18.8 Å². The first-order valence-corrected chi connectivity index (χ1v) is 14.4. The van der Waals surface area contributed by atoms with Crippen LogP contribution in [-0.4, -0.2) is 43.5 Å². The SMILES string of the molecule is CC(=O)CC=O.CC(=O)OCC1c2ccccc2-c2ccccc21.O=CCC(=O)OCC1c2ccccc2-c2ccccc21. The number of carbonyl (C=O) groups is 5. The highest BCUT2D eigenvalue weighted by Gasteiger charge is 2.29. The van der Waals surface area contributed by atoms with Crippen molar-refractivity contribution in [3.05, 3.63) is 119 Å². The van der Waals surface area contributed by atoms with Gasteiger partial charge in [-0.2, -0.15) is 0 Å². The molecule has 0 heterocycles. The van der Waals surface area contributed by atoms with Crippen LogP contribution in [0.25, 0.3) is 22.3 Å². The molecule has 0 spiro atoms. The number of esters is 2. The number of hydrogen-bond donors (Lipinski definition) is 0. The van der Waals surface area contributed by atoms with Crippen LogP contribution < -0.4 is 0 Å². The van der Waals surface area contributed by atoms with Gasteiger partial charge < -0.3 is 19.1 Å². The molecule has 4 aromatic carbocycles. The van der Waals surface area contributed by atoms with Gasteiger partial charge in [-0.15, -0.1) is 0 Å². The molecule has 0 saturated heterocycles. The van der Waals surface area contributed by atoms with Gasteiger partial charge in [-0.25, -0.2) is 0 Å². The Bertz CT molecular complexity index is 1560. The summed E-state index contributed by atoms with van der Waals surface area (Å²) in [6, 6.07) is 32.9. The molecule has 0 bridgehead atoms. The van der Waals surface area contributed by atoms with Crippen molar-refractivity contribution in [1.29, 1.82) is 0 Å². The Morgan fingerprint density at radius 3 is 1.18 bits per heavy atom. The third-order valence-electron chi connectivity index (χ3n) is 7.41. The Morgan fingerprint density at radius 2 is 0.886 bits per heavy atom. The summed E-state index contributed by atoms with van der Waals surface area (Å²) in [4.78, 5) is 51.9. The lowest BCUT2D eigenvalue weighted by Gasteiger charge is -2.13. The molecule has 6 rings (SSSR count). The van der Waals surface area contributed by atoms with E-state index in [-0.39, 0.29) is 43.0 Å². The van der Waals surface area contributed by atoms with E-state index in [2.05, 4.69) is 48.5 Å². The Labute approximate surface area is 256 Å². The van der Waals surface area contributed by atoms with Crippen LogP contribution in [-0.2, 0) is 33.4 Å². The molecule has 0 fully saturated rings. The summed E-state index contributed by atoms with van der Waals surface area (Å²) in [5.74, 6) is -0.553. The number of Topliss-reactive ketones (excluding diaryl/α,β-unsaturated/α-hetero) is 1. The topological polar surface area (TPSA) is 104 Å². The summed E-state index contributed by atoms with van der Waals surface area (Å²) >= 11 is 0. The lowest BCUT2D eigenvalue weighted by atomic mass is 9.98. The van der Waals surface area contributed by atoms with Crippen LogP contribution in [0.2, 0.25) is 0 Å². The van der Waals surface area contributed by atoms with Crippen molar-refractivity contribution in [2.45, 2.75) is 38.5 Å². The second-order valence-electron chi connectivity index (χ2n) is 10.4. The van der Waals surface area contributed by atoms with Crippen LogP contribution in [0.3, 0.4) is 0 Å². The Hall–Kier alpha value is -5.17. The van der Waals surface area contributed by atoms with Gasteiger partial charge in [0.05, 0.1) is 6.42 Å². The molecule has 7 heteroatoms. The summed E-state index contributed by atoms with van der Waals surface area (Å²) in [7, 11) is 0. The van der Waals surface area contributed by atoms with Gasteiger partial charge in [0.25, 0.3) is 0 Å². The van der Waals surface area contributed by atoms with Crippen LogP contribution in [0.4, 0.5) is 0 Å². The van der Waals surface area contributed by atoms with E-state index in [1.165, 1.54) is 58.4 Å². The molecular weight excluding hydrogens is 556 g/mol. The van der Waals surface area contributed by atoms with Crippen molar-refractivity contribution in [2.75, 3.05) is 13.2 Å². The monoisotopic (exact) mass is 590 g/mol. The maximum absolute atomic E-state index is 11.4. The lowest BCUT2D eigenvalue weighted by molar-refractivity contribution is -0.145. The molecule has 7 nitrogen and oxygen atoms in total. The molecule has 0 amide bonds. The summed E-state index contributed by atoms with van der Waals surface area (Å²) in [6.45, 7) is 3.53. The predicted octanol–water partition coefficient (Wildman–Crippen LogP) is 6.46. The molecule has 224 valence electrons. The summed E-state index contributed by atoms with van der Waals surface area (Å²) < 4.78 is 10.4. The third-order valence-corrected chi connectivity index (χ3v) is 7.41. The Balaban J connectivity index is 0.000000171. The normalized spacial score (nSPS) is 12.0. The van der Waals surface area contributed by atoms with Gasteiger partial charge in [0.1, 0.15) is 38.0 Å². The van der Waals surface area contributed by atoms with Crippen molar-refractivity contribution in [1.82, 2.24) is 0 Å². The van der Waals surface area contributed by atoms with Gasteiger partial charge >= 0.3 is 11.9 Å². The lowest BCUT2D eigenvalue weighted by Crippen LogP contribution is -2.12. The van der Waals surface area contributed by atoms with Gasteiger partial charge in [-0.3, -0.25) is 14.4 Å². The second kappa shape index (κ2) is 15.3. The van der Waals surface area contributed by atoms with E-state index < -0.39 is 5.97 Å². The number of ether oxygens (including phenoxy) is 2. The fraction of sp³-hybridized carbons (Fsp3) is 0.216. The zero-order valence-corrected chi connectivity index (χ0v) is 24.7. The maximum atomic E-state index is 11.4. The van der Waals surface area contributed by atoms with E-state index in [1.807, 2.05) is 48.5 Å². The van der Waals surface area contributed by atoms with Crippen molar-refractivity contribution in [3.63, 3.8) is 0 Å². The highest BCUT2D eigenvalue weighted by molar-refractivity contribution is 5.87. The van der Waals surface area contributed by atoms with Gasteiger partial charge in [0.2, 0.25) is 0 Å². The molecule has 0 aliphatic heterocycles. The minimum absolute atomic E-state index is 0.0537. The van der Waals surface area contributed by atoms with E-state index in [9.17, 15) is 24.0 Å². The first-order chi connectivity index (χ1) is 21.3. The van der Waals surface area contributed by atoms with Gasteiger partial charge in [0.15, 0.2) is 0 Å². The minimum atomic E-state index is -0.470. The molecular formula is C37H34O7. The molecule has 0 atom stereocenters. The molecule has 0 saturated carbocycles. The summed E-state index contributed by atoms with van der Waals surface area (Å²) in [6.07, 6.45) is 1.04. The van der Waals surface area contributed by atoms with Gasteiger partial charge in [-0.1, -0.05) is 97.1 Å². The van der Waals surface area contributed by atoms with E-state index in [0.29, 0.717) is 19.2 Å². The molecule has 0 N–H and O–H groups in total. The first kappa shape index (κ1) is 31.8. The summed E-state index contributed by atoms with van der Waals surface area (Å²) in [5, 5.41) is 0. The van der Waals surface area contributed by atoms with Crippen molar-refractivity contribution in [3.8, 4) is 22.3 Å². The van der Waals surface area contributed by atoms with Crippen LogP contribution >= 0.6 is 0 Å². The number of rotatable bonds is 8. The highest BCUT2D eigenvalue weighted by atomic mass is 16.5. The summed E-state index contributed by atoms with van der Waals surface area (Å²) in [5.41, 5.74) is 9.75. The van der Waals surface area contributed by atoms with Crippen LogP contribution in [0.15, 0.2) is 97.1 Å². The maximum Gasteiger partial charge on any atom is 0.313 e. The average molecular weight is 591 g/mol. The molecule has 44 heavy (non-hydrogen) atoms. The molecule has 2 aliphatic carbocycles. The standard InChI is InChI=1S/C17H14O3.C16H14O2.C4H6O2/c18-10-9-17(19)20-11-16-14-7-3-1-5-12(14)13-6-2-4-8-15(13)16;1-11(17)18-10-16-14-8-4-2-6-12(14)13-7-3-5-9-15(13)16;1-4(6)2-3-5/h1-8,10,16H,9,11H2;2-9,16H,10H2,1H3;3H,2H2,1H3. The number of benzene rings is 4. The van der Waals surface area contributed by atoms with Crippen LogP contribution in [0.5, 0.6) is 0 Å². The zero-order chi connectivity index (χ0) is 31.5. The number of fused-ring (bicyclic) bond motifs is 6. The molecule has 4 aromatic rings. The second-order valence-corrected chi connectivity index (χ2v) is 10.4. The smallest absolute Gasteiger partial charge is 0.313 e. The van der Waals surface area contributed by atoms with E-state index in [0.717, 1.165) is 0 Å². The van der Waals surface area contributed by atoms with Crippen molar-refractivity contribution in [2.24, 2.45) is 0 Å². The van der Waals surface area contributed by atoms with Crippen LogP contribution in [0.1, 0.15) is 60.8 Å². The largest absolute Gasteiger partial charge is 0.465 e. The van der Waals surface area contributed by atoms with E-state index in [1.54, 1.807) is 0 Å². The highest BCUT2D eigenvalue weighted by Crippen LogP contribution is 2.45.